The minimum absolute atomic E-state index is 0.0974. The van der Waals surface area contributed by atoms with Crippen LogP contribution in [0.4, 0.5) is 0 Å². The molecule has 0 saturated carbocycles. The number of amides is 1. The Morgan fingerprint density at radius 1 is 1.11 bits per heavy atom. The first-order valence-electron chi connectivity index (χ1n) is 8.34. The van der Waals surface area contributed by atoms with Gasteiger partial charge in [0.05, 0.1) is 0 Å². The molecule has 6 heteroatoms. The summed E-state index contributed by atoms with van der Waals surface area (Å²) in [6.07, 6.45) is 3.48. The van der Waals surface area contributed by atoms with Crippen molar-refractivity contribution in [3.8, 4) is 5.75 Å². The van der Waals surface area contributed by atoms with Crippen LogP contribution < -0.4 is 4.74 Å². The molecular weight excluding hydrogens is 383 g/mol. The molecule has 1 aromatic heterocycles. The van der Waals surface area contributed by atoms with Crippen LogP contribution in [0.3, 0.4) is 0 Å². The normalized spacial score (nSPS) is 10.5. The maximum absolute atomic E-state index is 12.6. The molecule has 0 saturated heterocycles. The fraction of sp³-hybridized carbons (Fsp3) is 0.143. The van der Waals surface area contributed by atoms with Gasteiger partial charge in [-0.25, -0.2) is 0 Å². The minimum Gasteiger partial charge on any atom is -0.489 e. The van der Waals surface area contributed by atoms with Gasteiger partial charge in [-0.1, -0.05) is 35.3 Å². The number of carbonyl (C=O) groups excluding carboxylic acids is 1. The van der Waals surface area contributed by atoms with E-state index < -0.39 is 0 Å². The number of hydrogen-bond acceptors (Lipinski definition) is 3. The molecule has 0 N–H and O–H groups in total. The Morgan fingerprint density at radius 3 is 2.56 bits per heavy atom. The molecule has 0 aliphatic heterocycles. The summed E-state index contributed by atoms with van der Waals surface area (Å²) in [4.78, 5) is 18.3. The van der Waals surface area contributed by atoms with Gasteiger partial charge < -0.3 is 9.64 Å². The fourth-order valence-electron chi connectivity index (χ4n) is 2.54. The third-order valence-corrected chi connectivity index (χ3v) is 4.59. The molecule has 0 unspecified atom stereocenters. The molecule has 0 aliphatic carbocycles. The van der Waals surface area contributed by atoms with E-state index in [0.29, 0.717) is 34.5 Å². The molecule has 0 aliphatic rings. The molecule has 3 rings (SSSR count). The maximum atomic E-state index is 12.6. The van der Waals surface area contributed by atoms with Gasteiger partial charge in [-0.2, -0.15) is 0 Å². The van der Waals surface area contributed by atoms with Crippen molar-refractivity contribution in [1.82, 2.24) is 9.88 Å². The molecule has 0 bridgehead atoms. The Labute approximate surface area is 168 Å². The van der Waals surface area contributed by atoms with E-state index in [1.165, 1.54) is 0 Å². The number of aromatic nitrogens is 1. The predicted molar refractivity (Wildman–Crippen MR) is 107 cm³/mol. The molecule has 0 radical (unpaired) electrons. The summed E-state index contributed by atoms with van der Waals surface area (Å²) in [7, 11) is 1.74. The zero-order valence-electron chi connectivity index (χ0n) is 14.7. The molecule has 0 fully saturated rings. The van der Waals surface area contributed by atoms with Crippen molar-refractivity contribution in [3.63, 3.8) is 0 Å². The van der Waals surface area contributed by atoms with Crippen molar-refractivity contribution in [2.75, 3.05) is 7.05 Å². The standard InChI is InChI=1S/C21H18Cl2N2O2/c1-25(13-17-4-7-18(22)11-20(17)23)21(26)16-5-8-19(9-6-16)27-14-15-3-2-10-24-12-15/h2-12H,13-14H2,1H3. The summed E-state index contributed by atoms with van der Waals surface area (Å²) in [5, 5.41) is 1.11. The summed E-state index contributed by atoms with van der Waals surface area (Å²) in [5.74, 6) is 0.596. The zero-order chi connectivity index (χ0) is 19.2. The van der Waals surface area contributed by atoms with E-state index in [4.69, 9.17) is 27.9 Å². The second-order valence-corrected chi connectivity index (χ2v) is 6.91. The molecule has 27 heavy (non-hydrogen) atoms. The van der Waals surface area contributed by atoms with Crippen molar-refractivity contribution < 1.29 is 9.53 Å². The molecule has 1 heterocycles. The van der Waals surface area contributed by atoms with Gasteiger partial charge in [-0.3, -0.25) is 9.78 Å². The first-order chi connectivity index (χ1) is 13.0. The number of ether oxygens (including phenoxy) is 1. The van der Waals surface area contributed by atoms with Crippen LogP contribution in [0, 0.1) is 0 Å². The Hall–Kier alpha value is -2.56. The number of halogens is 2. The number of rotatable bonds is 6. The molecule has 0 spiro atoms. The Bertz CT molecular complexity index is 915. The van der Waals surface area contributed by atoms with Gasteiger partial charge in [-0.15, -0.1) is 0 Å². The topological polar surface area (TPSA) is 42.4 Å². The van der Waals surface area contributed by atoms with Crippen molar-refractivity contribution >= 4 is 29.1 Å². The molecule has 138 valence electrons. The smallest absolute Gasteiger partial charge is 0.253 e. The largest absolute Gasteiger partial charge is 0.489 e. The first-order valence-corrected chi connectivity index (χ1v) is 9.09. The quantitative estimate of drug-likeness (QED) is 0.567. The Morgan fingerprint density at radius 2 is 1.89 bits per heavy atom. The van der Waals surface area contributed by atoms with E-state index >= 15 is 0 Å². The monoisotopic (exact) mass is 400 g/mol. The van der Waals surface area contributed by atoms with Crippen LogP contribution >= 0.6 is 23.2 Å². The van der Waals surface area contributed by atoms with Gasteiger partial charge in [0.2, 0.25) is 0 Å². The lowest BCUT2D eigenvalue weighted by Crippen LogP contribution is -2.26. The van der Waals surface area contributed by atoms with Gasteiger partial charge in [0.15, 0.2) is 0 Å². The van der Waals surface area contributed by atoms with Crippen LogP contribution in [0.5, 0.6) is 5.75 Å². The van der Waals surface area contributed by atoms with Crippen molar-refractivity contribution in [1.29, 1.82) is 0 Å². The van der Waals surface area contributed by atoms with Crippen LogP contribution in [0.2, 0.25) is 10.0 Å². The van der Waals surface area contributed by atoms with Gasteiger partial charge in [0, 0.05) is 47.2 Å². The summed E-state index contributed by atoms with van der Waals surface area (Å²) < 4.78 is 5.71. The molecule has 1 amide bonds. The summed E-state index contributed by atoms with van der Waals surface area (Å²) in [6.45, 7) is 0.824. The van der Waals surface area contributed by atoms with Crippen molar-refractivity contribution in [3.05, 3.63) is 93.7 Å². The van der Waals surface area contributed by atoms with E-state index in [0.717, 1.165) is 11.1 Å². The van der Waals surface area contributed by atoms with Crippen LogP contribution in [0.25, 0.3) is 0 Å². The lowest BCUT2D eigenvalue weighted by atomic mass is 10.1. The van der Waals surface area contributed by atoms with Crippen LogP contribution in [0.1, 0.15) is 21.5 Å². The molecule has 3 aromatic rings. The molecular formula is C21H18Cl2N2O2. The average Bonchev–Trinajstić information content (AvgIpc) is 2.69. The number of pyridine rings is 1. The van der Waals surface area contributed by atoms with Crippen LogP contribution in [-0.4, -0.2) is 22.8 Å². The zero-order valence-corrected chi connectivity index (χ0v) is 16.2. The highest BCUT2D eigenvalue weighted by Gasteiger charge is 2.14. The molecule has 4 nitrogen and oxygen atoms in total. The second kappa shape index (κ2) is 8.89. The number of hydrogen-bond donors (Lipinski definition) is 0. The highest BCUT2D eigenvalue weighted by molar-refractivity contribution is 6.35. The Kier molecular flexibility index (Phi) is 6.32. The number of nitrogens with zero attached hydrogens (tertiary/aromatic N) is 2. The fourth-order valence-corrected chi connectivity index (χ4v) is 3.01. The summed E-state index contributed by atoms with van der Waals surface area (Å²) in [5.41, 5.74) is 2.40. The average molecular weight is 401 g/mol. The lowest BCUT2D eigenvalue weighted by Gasteiger charge is -2.18. The number of benzene rings is 2. The van der Waals surface area contributed by atoms with E-state index in [1.54, 1.807) is 60.7 Å². The van der Waals surface area contributed by atoms with Gasteiger partial charge in [0.1, 0.15) is 12.4 Å². The summed E-state index contributed by atoms with van der Waals surface area (Å²) >= 11 is 12.1. The summed E-state index contributed by atoms with van der Waals surface area (Å²) in [6, 6.07) is 16.1. The number of carbonyl (C=O) groups is 1. The predicted octanol–water partition coefficient (Wildman–Crippen LogP) is 5.24. The van der Waals surface area contributed by atoms with Crippen molar-refractivity contribution in [2.24, 2.45) is 0 Å². The van der Waals surface area contributed by atoms with Gasteiger partial charge >= 0.3 is 0 Å². The third-order valence-electron chi connectivity index (χ3n) is 4.00. The van der Waals surface area contributed by atoms with Crippen molar-refractivity contribution in [2.45, 2.75) is 13.2 Å². The van der Waals surface area contributed by atoms with Gasteiger partial charge in [-0.05, 0) is 48.0 Å². The van der Waals surface area contributed by atoms with E-state index in [2.05, 4.69) is 4.98 Å². The minimum atomic E-state index is -0.0974. The molecule has 2 aromatic carbocycles. The third kappa shape index (κ3) is 5.22. The van der Waals surface area contributed by atoms with E-state index in [-0.39, 0.29) is 5.91 Å². The lowest BCUT2D eigenvalue weighted by molar-refractivity contribution is 0.0785. The van der Waals surface area contributed by atoms with Gasteiger partial charge in [0.25, 0.3) is 5.91 Å². The highest BCUT2D eigenvalue weighted by Crippen LogP contribution is 2.23. The Balaban J connectivity index is 1.61. The highest BCUT2D eigenvalue weighted by atomic mass is 35.5. The van der Waals surface area contributed by atoms with E-state index in [9.17, 15) is 4.79 Å². The van der Waals surface area contributed by atoms with Crippen LogP contribution in [-0.2, 0) is 13.2 Å². The molecule has 0 atom stereocenters. The maximum Gasteiger partial charge on any atom is 0.253 e. The van der Waals surface area contributed by atoms with E-state index in [1.807, 2.05) is 18.2 Å². The SMILES string of the molecule is CN(Cc1ccc(Cl)cc1Cl)C(=O)c1ccc(OCc2cccnc2)cc1. The first kappa shape index (κ1) is 19.2. The van der Waals surface area contributed by atoms with Crippen LogP contribution in [0.15, 0.2) is 67.0 Å². The second-order valence-electron chi connectivity index (χ2n) is 6.07.